The van der Waals surface area contributed by atoms with Gasteiger partial charge < -0.3 is 19.4 Å². The molecule has 0 spiro atoms. The molecule has 0 bridgehead atoms. The van der Waals surface area contributed by atoms with Crippen molar-refractivity contribution in [1.82, 2.24) is 15.5 Å². The van der Waals surface area contributed by atoms with E-state index in [1.54, 1.807) is 6.26 Å². The highest BCUT2D eigenvalue weighted by molar-refractivity contribution is 5.51. The predicted octanol–water partition coefficient (Wildman–Crippen LogP) is 1.03. The van der Waals surface area contributed by atoms with E-state index >= 15 is 0 Å². The molecule has 0 aromatic carbocycles. The monoisotopic (exact) mass is 235 g/mol. The Morgan fingerprint density at radius 2 is 2.41 bits per heavy atom. The van der Waals surface area contributed by atoms with Crippen LogP contribution in [0.15, 0.2) is 21.3 Å². The summed E-state index contributed by atoms with van der Waals surface area (Å²) in [4.78, 5) is 4.28. The topological polar surface area (TPSA) is 84.3 Å². The Morgan fingerprint density at radius 1 is 1.53 bits per heavy atom. The van der Waals surface area contributed by atoms with Gasteiger partial charge in [0.1, 0.15) is 0 Å². The maximum absolute atomic E-state index is 9.42. The number of hydrogen-bond acceptors (Lipinski definition) is 6. The van der Waals surface area contributed by atoms with Gasteiger partial charge in [-0.3, -0.25) is 0 Å². The van der Waals surface area contributed by atoms with E-state index in [1.165, 1.54) is 0 Å². The van der Waals surface area contributed by atoms with Crippen molar-refractivity contribution in [3.63, 3.8) is 0 Å². The van der Waals surface area contributed by atoms with Gasteiger partial charge in [0, 0.05) is 6.54 Å². The maximum atomic E-state index is 9.42. The summed E-state index contributed by atoms with van der Waals surface area (Å²) in [5.41, 5.74) is 0.969. The van der Waals surface area contributed by atoms with Crippen LogP contribution in [0.25, 0.3) is 11.6 Å². The highest BCUT2D eigenvalue weighted by Gasteiger charge is 2.28. The average molecular weight is 235 g/mol. The van der Waals surface area contributed by atoms with Gasteiger partial charge in [0.05, 0.1) is 18.4 Å². The van der Waals surface area contributed by atoms with Gasteiger partial charge in [0.15, 0.2) is 5.76 Å². The number of nitrogens with zero attached hydrogens (tertiary/aromatic N) is 2. The number of aliphatic hydroxyl groups is 1. The van der Waals surface area contributed by atoms with Crippen molar-refractivity contribution in [2.45, 2.75) is 25.5 Å². The van der Waals surface area contributed by atoms with Gasteiger partial charge in [0.25, 0.3) is 0 Å². The molecule has 3 rings (SSSR count). The number of aryl methyl sites for hydroxylation is 1. The lowest BCUT2D eigenvalue weighted by molar-refractivity contribution is 0.191. The molecule has 2 aromatic heterocycles. The van der Waals surface area contributed by atoms with Crippen molar-refractivity contribution in [3.8, 4) is 11.6 Å². The van der Waals surface area contributed by atoms with Gasteiger partial charge in [-0.1, -0.05) is 5.16 Å². The molecule has 6 heteroatoms. The van der Waals surface area contributed by atoms with Crippen LogP contribution in [0.1, 0.15) is 23.9 Å². The average Bonchev–Trinajstić information content (AvgIpc) is 2.97. The molecule has 0 radical (unpaired) electrons. The summed E-state index contributed by atoms with van der Waals surface area (Å²) in [5, 5.41) is 16.4. The fourth-order valence-electron chi connectivity index (χ4n) is 1.98. The molecule has 0 unspecified atom stereocenters. The lowest BCUT2D eigenvalue weighted by Gasteiger charge is -2.01. The summed E-state index contributed by atoms with van der Waals surface area (Å²) in [5.74, 6) is 1.57. The van der Waals surface area contributed by atoms with E-state index in [9.17, 15) is 5.11 Å². The molecule has 1 aliphatic rings. The zero-order valence-electron chi connectivity index (χ0n) is 9.38. The van der Waals surface area contributed by atoms with Crippen molar-refractivity contribution in [2.24, 2.45) is 0 Å². The van der Waals surface area contributed by atoms with Gasteiger partial charge in [-0.15, -0.1) is 0 Å². The van der Waals surface area contributed by atoms with Crippen molar-refractivity contribution in [2.75, 3.05) is 6.54 Å². The van der Waals surface area contributed by atoms with Crippen molar-refractivity contribution in [1.29, 1.82) is 0 Å². The molecule has 2 aromatic rings. The lowest BCUT2D eigenvalue weighted by Crippen LogP contribution is -2.15. The van der Waals surface area contributed by atoms with Gasteiger partial charge in [-0.25, -0.2) is 0 Å². The molecule has 1 aliphatic heterocycles. The summed E-state index contributed by atoms with van der Waals surface area (Å²) in [6.45, 7) is 2.48. The smallest absolute Gasteiger partial charge is 0.244 e. The SMILES string of the molecule is Cc1ccoc1-c1noc([C@@H]2C[C@H](O)CN2)n1. The largest absolute Gasteiger partial charge is 0.461 e. The number of rotatable bonds is 2. The minimum atomic E-state index is -0.347. The molecule has 0 saturated carbocycles. The quantitative estimate of drug-likeness (QED) is 0.808. The lowest BCUT2D eigenvalue weighted by atomic mass is 10.2. The molecule has 17 heavy (non-hydrogen) atoms. The summed E-state index contributed by atoms with van der Waals surface area (Å²) in [6.07, 6.45) is 1.84. The fourth-order valence-corrected chi connectivity index (χ4v) is 1.98. The molecule has 2 N–H and O–H groups in total. The highest BCUT2D eigenvalue weighted by Crippen LogP contribution is 2.26. The number of hydrogen-bond donors (Lipinski definition) is 2. The van der Waals surface area contributed by atoms with Crippen molar-refractivity contribution in [3.05, 3.63) is 23.8 Å². The fraction of sp³-hybridized carbons (Fsp3) is 0.455. The zero-order chi connectivity index (χ0) is 11.8. The Balaban J connectivity index is 1.86. The summed E-state index contributed by atoms with van der Waals surface area (Å²) in [7, 11) is 0. The minimum Gasteiger partial charge on any atom is -0.461 e. The van der Waals surface area contributed by atoms with Crippen LogP contribution in [0.4, 0.5) is 0 Å². The molecular formula is C11H13N3O3. The van der Waals surface area contributed by atoms with E-state index < -0.39 is 0 Å². The van der Waals surface area contributed by atoms with Crippen LogP contribution < -0.4 is 5.32 Å². The number of nitrogens with one attached hydrogen (secondary N) is 1. The normalized spacial score (nSPS) is 24.4. The number of furan rings is 1. The number of aromatic nitrogens is 2. The molecule has 90 valence electrons. The highest BCUT2D eigenvalue weighted by atomic mass is 16.5. The van der Waals surface area contributed by atoms with Crippen LogP contribution in [-0.2, 0) is 0 Å². The third-order valence-electron chi connectivity index (χ3n) is 2.91. The van der Waals surface area contributed by atoms with E-state index in [0.29, 0.717) is 30.4 Å². The zero-order valence-corrected chi connectivity index (χ0v) is 9.38. The van der Waals surface area contributed by atoms with Gasteiger partial charge in [-0.2, -0.15) is 4.98 Å². The van der Waals surface area contributed by atoms with Gasteiger partial charge in [-0.05, 0) is 25.0 Å². The second-order valence-electron chi connectivity index (χ2n) is 4.24. The van der Waals surface area contributed by atoms with E-state index in [2.05, 4.69) is 15.5 Å². The molecule has 2 atom stereocenters. The van der Waals surface area contributed by atoms with Crippen molar-refractivity contribution >= 4 is 0 Å². The van der Waals surface area contributed by atoms with Crippen LogP contribution in [0.3, 0.4) is 0 Å². The molecular weight excluding hydrogens is 222 g/mol. The molecule has 6 nitrogen and oxygen atoms in total. The van der Waals surface area contributed by atoms with Crippen molar-refractivity contribution < 1.29 is 14.0 Å². The molecule has 3 heterocycles. The summed E-state index contributed by atoms with van der Waals surface area (Å²) < 4.78 is 10.5. The van der Waals surface area contributed by atoms with Crippen LogP contribution in [0.5, 0.6) is 0 Å². The maximum Gasteiger partial charge on any atom is 0.244 e. The van der Waals surface area contributed by atoms with Gasteiger partial charge in [0.2, 0.25) is 11.7 Å². The van der Waals surface area contributed by atoms with E-state index in [4.69, 9.17) is 8.94 Å². The summed E-state index contributed by atoms with van der Waals surface area (Å²) >= 11 is 0. The first-order valence-electron chi connectivity index (χ1n) is 5.53. The molecule has 0 aliphatic carbocycles. The van der Waals surface area contributed by atoms with Crippen LogP contribution in [0.2, 0.25) is 0 Å². The van der Waals surface area contributed by atoms with Crippen LogP contribution in [0, 0.1) is 6.92 Å². The third-order valence-corrected chi connectivity index (χ3v) is 2.91. The third kappa shape index (κ3) is 1.85. The molecule has 0 amide bonds. The van der Waals surface area contributed by atoms with Gasteiger partial charge >= 0.3 is 0 Å². The van der Waals surface area contributed by atoms with Crippen LogP contribution >= 0.6 is 0 Å². The molecule has 1 fully saturated rings. The minimum absolute atomic E-state index is 0.0680. The van der Waals surface area contributed by atoms with E-state index in [1.807, 2.05) is 13.0 Å². The first kappa shape index (κ1) is 10.5. The first-order chi connectivity index (χ1) is 8.24. The molecule has 1 saturated heterocycles. The first-order valence-corrected chi connectivity index (χ1v) is 5.53. The Bertz CT molecular complexity index is 520. The Kier molecular flexibility index (Phi) is 2.45. The standard InChI is InChI=1S/C11H13N3O3/c1-6-2-3-16-9(6)10-13-11(17-14-10)8-4-7(15)5-12-8/h2-3,7-8,12,15H,4-5H2,1H3/t7-,8-/m0/s1. The Hall–Kier alpha value is -1.66. The number of β-amino-alcohol motifs (C(OH)–C–C–N with tert-alkyl or cyclic N) is 1. The van der Waals surface area contributed by atoms with E-state index in [-0.39, 0.29) is 12.1 Å². The number of aliphatic hydroxyl groups excluding tert-OH is 1. The summed E-state index contributed by atoms with van der Waals surface area (Å²) in [6, 6.07) is 1.78. The Morgan fingerprint density at radius 3 is 3.06 bits per heavy atom. The second-order valence-corrected chi connectivity index (χ2v) is 4.24. The predicted molar refractivity (Wildman–Crippen MR) is 58.1 cm³/mol. The van der Waals surface area contributed by atoms with E-state index in [0.717, 1.165) is 5.56 Å². The Labute approximate surface area is 97.6 Å². The second kappa shape index (κ2) is 3.97. The van der Waals surface area contributed by atoms with Crippen LogP contribution in [-0.4, -0.2) is 27.9 Å².